The molecule has 2 fully saturated rings. The Morgan fingerprint density at radius 2 is 2.09 bits per heavy atom. The number of carboxylic acids is 1. The number of amides is 2. The second kappa shape index (κ2) is 5.59. The highest BCUT2D eigenvalue weighted by molar-refractivity contribution is 6.05. The summed E-state index contributed by atoms with van der Waals surface area (Å²) in [5, 5.41) is 9.13. The average Bonchev–Trinajstić information content (AvgIpc) is 3.06. The maximum absolute atomic E-state index is 12.7. The maximum atomic E-state index is 12.7. The molecule has 2 amide bonds. The van der Waals surface area contributed by atoms with Crippen molar-refractivity contribution in [3.8, 4) is 0 Å². The van der Waals surface area contributed by atoms with Crippen molar-refractivity contribution in [1.29, 1.82) is 0 Å². The van der Waals surface area contributed by atoms with Gasteiger partial charge in [0.05, 0.1) is 24.5 Å². The first-order chi connectivity index (χ1) is 10.5. The molecule has 2 aliphatic rings. The highest BCUT2D eigenvalue weighted by Gasteiger charge is 2.52. The first-order valence-corrected chi connectivity index (χ1v) is 7.61. The predicted octanol–water partition coefficient (Wildman–Crippen LogP) is 2.22. The Morgan fingerprint density at radius 1 is 1.36 bits per heavy atom. The Bertz CT molecular complexity index is 594. The van der Waals surface area contributed by atoms with Crippen molar-refractivity contribution in [1.82, 2.24) is 4.90 Å². The molecule has 22 heavy (non-hydrogen) atoms. The van der Waals surface area contributed by atoms with Crippen molar-refractivity contribution < 1.29 is 23.9 Å². The van der Waals surface area contributed by atoms with Crippen molar-refractivity contribution >= 4 is 17.8 Å². The Labute approximate surface area is 128 Å². The molecule has 1 aromatic heterocycles. The lowest BCUT2D eigenvalue weighted by atomic mass is 9.76. The molecule has 0 unspecified atom stereocenters. The lowest BCUT2D eigenvalue weighted by Gasteiger charge is -2.25. The highest BCUT2D eigenvalue weighted by Crippen LogP contribution is 2.44. The van der Waals surface area contributed by atoms with Gasteiger partial charge in [0.15, 0.2) is 0 Å². The molecule has 0 radical (unpaired) electrons. The number of rotatable bonds is 4. The third kappa shape index (κ3) is 2.42. The number of imide groups is 1. The second-order valence-corrected chi connectivity index (χ2v) is 6.31. The Balaban J connectivity index is 1.92. The van der Waals surface area contributed by atoms with Crippen LogP contribution in [-0.2, 0) is 14.4 Å². The van der Waals surface area contributed by atoms with E-state index in [1.807, 2.05) is 0 Å². The SMILES string of the molecule is C[C@@H]1CC[C@H]2C(=O)N([C@@H](CC(=O)O)c3ccco3)C(=O)[C@@H]2C1. The largest absolute Gasteiger partial charge is 0.481 e. The molecule has 0 bridgehead atoms. The summed E-state index contributed by atoms with van der Waals surface area (Å²) in [5.74, 6) is -1.40. The van der Waals surface area contributed by atoms with Gasteiger partial charge in [-0.15, -0.1) is 0 Å². The Morgan fingerprint density at radius 3 is 2.73 bits per heavy atom. The van der Waals surface area contributed by atoms with Crippen LogP contribution in [-0.4, -0.2) is 27.8 Å². The molecule has 3 rings (SSSR count). The van der Waals surface area contributed by atoms with Crippen LogP contribution in [0.15, 0.2) is 22.8 Å². The van der Waals surface area contributed by atoms with Crippen LogP contribution in [0.1, 0.15) is 44.4 Å². The molecule has 1 saturated carbocycles. The summed E-state index contributed by atoms with van der Waals surface area (Å²) >= 11 is 0. The fourth-order valence-electron chi connectivity index (χ4n) is 3.69. The summed E-state index contributed by atoms with van der Waals surface area (Å²) in [6, 6.07) is 2.39. The van der Waals surface area contributed by atoms with Crippen LogP contribution in [0.3, 0.4) is 0 Å². The normalized spacial score (nSPS) is 29.5. The standard InChI is InChI=1S/C16H19NO5/c1-9-4-5-10-11(7-9)16(21)17(15(10)20)12(8-14(18)19)13-3-2-6-22-13/h2-3,6,9-12H,4-5,7-8H2,1H3,(H,18,19)/t9-,10-,11-,12+/m1/s1. The zero-order valence-corrected chi connectivity index (χ0v) is 12.4. The fraction of sp³-hybridized carbons (Fsp3) is 0.562. The van der Waals surface area contributed by atoms with Gasteiger partial charge in [0.25, 0.3) is 0 Å². The van der Waals surface area contributed by atoms with E-state index in [1.165, 1.54) is 6.26 Å². The van der Waals surface area contributed by atoms with E-state index in [0.29, 0.717) is 24.5 Å². The van der Waals surface area contributed by atoms with Gasteiger partial charge in [-0.2, -0.15) is 0 Å². The van der Waals surface area contributed by atoms with E-state index in [4.69, 9.17) is 9.52 Å². The minimum Gasteiger partial charge on any atom is -0.481 e. The van der Waals surface area contributed by atoms with Crippen LogP contribution < -0.4 is 0 Å². The van der Waals surface area contributed by atoms with E-state index in [1.54, 1.807) is 12.1 Å². The zero-order chi connectivity index (χ0) is 15.9. The number of hydrogen-bond donors (Lipinski definition) is 1. The van der Waals surface area contributed by atoms with E-state index in [-0.39, 0.29) is 30.1 Å². The summed E-state index contributed by atoms with van der Waals surface area (Å²) in [5.41, 5.74) is 0. The lowest BCUT2D eigenvalue weighted by Crippen LogP contribution is -2.36. The predicted molar refractivity (Wildman–Crippen MR) is 75.5 cm³/mol. The van der Waals surface area contributed by atoms with Gasteiger partial charge in [0.1, 0.15) is 11.8 Å². The minimum absolute atomic E-state index is 0.246. The van der Waals surface area contributed by atoms with E-state index < -0.39 is 12.0 Å². The molecule has 4 atom stereocenters. The molecule has 6 heteroatoms. The van der Waals surface area contributed by atoms with Gasteiger partial charge in [0, 0.05) is 0 Å². The molecule has 0 spiro atoms. The molecule has 6 nitrogen and oxygen atoms in total. The topological polar surface area (TPSA) is 87.8 Å². The number of nitrogens with zero attached hydrogens (tertiary/aromatic N) is 1. The van der Waals surface area contributed by atoms with Crippen molar-refractivity contribution in [2.45, 2.75) is 38.6 Å². The monoisotopic (exact) mass is 305 g/mol. The number of carbonyl (C=O) groups excluding carboxylic acids is 2. The summed E-state index contributed by atoms with van der Waals surface area (Å²) in [7, 11) is 0. The number of fused-ring (bicyclic) bond motifs is 1. The van der Waals surface area contributed by atoms with Crippen molar-refractivity contribution in [3.05, 3.63) is 24.2 Å². The van der Waals surface area contributed by atoms with Crippen LogP contribution in [0.5, 0.6) is 0 Å². The molecule has 1 aromatic rings. The van der Waals surface area contributed by atoms with E-state index in [2.05, 4.69) is 6.92 Å². The maximum Gasteiger partial charge on any atom is 0.305 e. The van der Waals surface area contributed by atoms with Gasteiger partial charge >= 0.3 is 5.97 Å². The summed E-state index contributed by atoms with van der Waals surface area (Å²) in [4.78, 5) is 37.6. The third-order valence-electron chi connectivity index (χ3n) is 4.77. The van der Waals surface area contributed by atoms with Crippen molar-refractivity contribution in [2.75, 3.05) is 0 Å². The molecule has 1 aliphatic carbocycles. The Kier molecular flexibility index (Phi) is 3.76. The van der Waals surface area contributed by atoms with Crippen LogP contribution in [0, 0.1) is 17.8 Å². The molecule has 2 heterocycles. The molecule has 1 saturated heterocycles. The average molecular weight is 305 g/mol. The zero-order valence-electron chi connectivity index (χ0n) is 12.4. The summed E-state index contributed by atoms with van der Waals surface area (Å²) < 4.78 is 5.27. The molecule has 0 aromatic carbocycles. The van der Waals surface area contributed by atoms with Gasteiger partial charge in [0.2, 0.25) is 11.8 Å². The number of carboxylic acid groups (broad SMARTS) is 1. The number of hydrogen-bond acceptors (Lipinski definition) is 4. The van der Waals surface area contributed by atoms with E-state index in [9.17, 15) is 14.4 Å². The van der Waals surface area contributed by atoms with E-state index >= 15 is 0 Å². The van der Waals surface area contributed by atoms with Gasteiger partial charge < -0.3 is 9.52 Å². The van der Waals surface area contributed by atoms with Gasteiger partial charge in [-0.05, 0) is 37.3 Å². The summed E-state index contributed by atoms with van der Waals surface area (Å²) in [6.45, 7) is 2.08. The number of likely N-dealkylation sites (tertiary alicyclic amines) is 1. The van der Waals surface area contributed by atoms with Gasteiger partial charge in [-0.3, -0.25) is 19.3 Å². The molecule has 1 N–H and O–H groups in total. The number of furan rings is 1. The van der Waals surface area contributed by atoms with Crippen molar-refractivity contribution in [3.63, 3.8) is 0 Å². The molecular weight excluding hydrogens is 286 g/mol. The number of carbonyl (C=O) groups is 3. The van der Waals surface area contributed by atoms with E-state index in [0.717, 1.165) is 11.3 Å². The lowest BCUT2D eigenvalue weighted by molar-refractivity contribution is -0.146. The first-order valence-electron chi connectivity index (χ1n) is 7.61. The number of aliphatic carboxylic acids is 1. The van der Waals surface area contributed by atoms with Crippen LogP contribution >= 0.6 is 0 Å². The second-order valence-electron chi connectivity index (χ2n) is 6.31. The molecule has 118 valence electrons. The van der Waals surface area contributed by atoms with Crippen LogP contribution in [0.25, 0.3) is 0 Å². The minimum atomic E-state index is -1.06. The smallest absolute Gasteiger partial charge is 0.305 e. The first kappa shape index (κ1) is 14.8. The quantitative estimate of drug-likeness (QED) is 0.862. The van der Waals surface area contributed by atoms with Crippen LogP contribution in [0.4, 0.5) is 0 Å². The van der Waals surface area contributed by atoms with Crippen LogP contribution in [0.2, 0.25) is 0 Å². The molecule has 1 aliphatic heterocycles. The fourth-order valence-corrected chi connectivity index (χ4v) is 3.69. The Hall–Kier alpha value is -2.11. The van der Waals surface area contributed by atoms with Crippen molar-refractivity contribution in [2.24, 2.45) is 17.8 Å². The summed E-state index contributed by atoms with van der Waals surface area (Å²) in [6.07, 6.45) is 3.41. The highest BCUT2D eigenvalue weighted by atomic mass is 16.4. The molecular formula is C16H19NO5. The van der Waals surface area contributed by atoms with Gasteiger partial charge in [-0.1, -0.05) is 6.92 Å². The van der Waals surface area contributed by atoms with Gasteiger partial charge in [-0.25, -0.2) is 0 Å². The third-order valence-corrected chi connectivity index (χ3v) is 4.77.